The lowest BCUT2D eigenvalue weighted by molar-refractivity contribution is -0.132. The highest BCUT2D eigenvalue weighted by Crippen LogP contribution is 2.47. The van der Waals surface area contributed by atoms with Crippen molar-refractivity contribution < 1.29 is 13.2 Å². The third-order valence-electron chi connectivity index (χ3n) is 6.97. The van der Waals surface area contributed by atoms with E-state index in [4.69, 9.17) is 0 Å². The summed E-state index contributed by atoms with van der Waals surface area (Å²) in [5.41, 5.74) is 0. The minimum absolute atomic E-state index is 0.228. The van der Waals surface area contributed by atoms with Crippen LogP contribution in [0.4, 0.5) is 0 Å². The third kappa shape index (κ3) is 3.66. The smallest absolute Gasteiger partial charge is 0.240 e. The van der Waals surface area contributed by atoms with E-state index in [-0.39, 0.29) is 11.8 Å². The number of benzene rings is 1. The Morgan fingerprint density at radius 1 is 1.11 bits per heavy atom. The summed E-state index contributed by atoms with van der Waals surface area (Å²) in [4.78, 5) is 15.3. The quantitative estimate of drug-likeness (QED) is 0.840. The number of rotatable bonds is 5. The first-order valence-corrected chi connectivity index (χ1v) is 11.8. The van der Waals surface area contributed by atoms with Crippen LogP contribution in [-0.2, 0) is 14.8 Å². The maximum Gasteiger partial charge on any atom is 0.240 e. The summed E-state index contributed by atoms with van der Waals surface area (Å²) in [5.74, 6) is 1.23. The van der Waals surface area contributed by atoms with E-state index >= 15 is 0 Å². The highest BCUT2D eigenvalue weighted by molar-refractivity contribution is 7.89. The summed E-state index contributed by atoms with van der Waals surface area (Å²) in [6.07, 6.45) is 7.59. The molecule has 148 valence electrons. The number of sulfonamides is 1. The molecule has 0 spiro atoms. The first-order chi connectivity index (χ1) is 13.0. The van der Waals surface area contributed by atoms with Gasteiger partial charge in [-0.15, -0.1) is 0 Å². The molecule has 0 radical (unpaired) electrons. The molecule has 2 aliphatic carbocycles. The second-order valence-electron chi connectivity index (χ2n) is 8.57. The van der Waals surface area contributed by atoms with Crippen LogP contribution in [0.3, 0.4) is 0 Å². The zero-order valence-corrected chi connectivity index (χ0v) is 16.8. The number of carbonyl (C=O) groups excluding carboxylic acids is 1. The van der Waals surface area contributed by atoms with Crippen LogP contribution in [0, 0.1) is 17.8 Å². The molecule has 2 saturated carbocycles. The summed E-state index contributed by atoms with van der Waals surface area (Å²) < 4.78 is 28.0. The van der Waals surface area contributed by atoms with E-state index in [1.54, 1.807) is 24.3 Å². The number of fused-ring (bicyclic) bond motifs is 1. The van der Waals surface area contributed by atoms with Crippen molar-refractivity contribution >= 4 is 15.9 Å². The van der Waals surface area contributed by atoms with Crippen LogP contribution >= 0.6 is 0 Å². The van der Waals surface area contributed by atoms with Crippen molar-refractivity contribution in [2.75, 3.05) is 6.54 Å². The van der Waals surface area contributed by atoms with Gasteiger partial charge in [-0.3, -0.25) is 4.79 Å². The molecule has 0 bridgehead atoms. The van der Waals surface area contributed by atoms with Gasteiger partial charge in [-0.05, 0) is 49.1 Å². The fourth-order valence-electron chi connectivity index (χ4n) is 5.61. The lowest BCUT2D eigenvalue weighted by Gasteiger charge is -2.35. The van der Waals surface area contributed by atoms with Gasteiger partial charge in [0.25, 0.3) is 0 Å². The first kappa shape index (κ1) is 18.9. The number of carbonyl (C=O) groups is 1. The Morgan fingerprint density at radius 3 is 2.52 bits per heavy atom. The molecular weight excluding hydrogens is 360 g/mol. The Balaban J connectivity index is 1.45. The van der Waals surface area contributed by atoms with Crippen molar-refractivity contribution in [1.82, 2.24) is 9.62 Å². The minimum Gasteiger partial charge on any atom is -0.336 e. The van der Waals surface area contributed by atoms with E-state index in [2.05, 4.69) is 16.5 Å². The third-order valence-corrected chi connectivity index (χ3v) is 8.41. The number of likely N-dealkylation sites (tertiary alicyclic amines) is 1. The van der Waals surface area contributed by atoms with E-state index in [1.807, 2.05) is 6.07 Å². The van der Waals surface area contributed by atoms with Gasteiger partial charge in [-0.25, -0.2) is 13.1 Å². The lowest BCUT2D eigenvalue weighted by atomic mass is 9.89. The second kappa shape index (κ2) is 7.55. The van der Waals surface area contributed by atoms with Crippen molar-refractivity contribution in [3.05, 3.63) is 30.3 Å². The van der Waals surface area contributed by atoms with E-state index in [9.17, 15) is 13.2 Å². The molecule has 1 N–H and O–H groups in total. The topological polar surface area (TPSA) is 66.5 Å². The van der Waals surface area contributed by atoms with Gasteiger partial charge >= 0.3 is 0 Å². The van der Waals surface area contributed by atoms with Crippen LogP contribution in [0.2, 0.25) is 0 Å². The molecule has 3 aliphatic rings. The van der Waals surface area contributed by atoms with Gasteiger partial charge in [0.2, 0.25) is 15.9 Å². The van der Waals surface area contributed by atoms with Crippen LogP contribution in [0.1, 0.15) is 51.9 Å². The Labute approximate surface area is 162 Å². The van der Waals surface area contributed by atoms with Crippen molar-refractivity contribution in [2.24, 2.45) is 17.8 Å². The maximum atomic E-state index is 12.7. The molecule has 1 amide bonds. The molecule has 1 aromatic rings. The van der Waals surface area contributed by atoms with Gasteiger partial charge in [0, 0.05) is 25.0 Å². The molecule has 1 heterocycles. The Kier molecular flexibility index (Phi) is 5.30. The van der Waals surface area contributed by atoms with E-state index in [0.717, 1.165) is 19.3 Å². The molecule has 6 heteroatoms. The highest BCUT2D eigenvalue weighted by atomic mass is 32.2. The van der Waals surface area contributed by atoms with Crippen LogP contribution < -0.4 is 4.72 Å². The summed E-state index contributed by atoms with van der Waals surface area (Å²) in [6.45, 7) is 2.63. The van der Waals surface area contributed by atoms with Gasteiger partial charge in [0.1, 0.15) is 0 Å². The van der Waals surface area contributed by atoms with E-state index in [1.165, 1.54) is 19.3 Å². The zero-order chi connectivity index (χ0) is 19.0. The fraction of sp³-hybridized carbons (Fsp3) is 0.667. The molecule has 0 aromatic heterocycles. The zero-order valence-electron chi connectivity index (χ0n) is 16.0. The fourth-order valence-corrected chi connectivity index (χ4v) is 6.71. The lowest BCUT2D eigenvalue weighted by Crippen LogP contribution is -2.43. The molecule has 27 heavy (non-hydrogen) atoms. The van der Waals surface area contributed by atoms with Crippen LogP contribution in [0.25, 0.3) is 0 Å². The molecular formula is C21H30N2O3S. The maximum absolute atomic E-state index is 12.7. The monoisotopic (exact) mass is 390 g/mol. The first-order valence-electron chi connectivity index (χ1n) is 10.3. The summed E-state index contributed by atoms with van der Waals surface area (Å²) in [5, 5.41) is 0. The average molecular weight is 391 g/mol. The largest absolute Gasteiger partial charge is 0.336 e. The molecule has 5 nitrogen and oxygen atoms in total. The normalized spacial score (nSPS) is 32.0. The Morgan fingerprint density at radius 2 is 1.81 bits per heavy atom. The second-order valence-corrected chi connectivity index (χ2v) is 10.3. The number of hydrogen-bond donors (Lipinski definition) is 1. The molecule has 1 aromatic carbocycles. The molecule has 4 atom stereocenters. The van der Waals surface area contributed by atoms with Crippen molar-refractivity contribution in [3.8, 4) is 0 Å². The summed E-state index contributed by atoms with van der Waals surface area (Å²) >= 11 is 0. The van der Waals surface area contributed by atoms with Crippen LogP contribution in [0.5, 0.6) is 0 Å². The standard InChI is InChI=1S/C21H30N2O3S/c1-15-12-20-18(13-21(24)23(20)16-8-4-2-5-9-16)19(15)14-22-27(25,26)17-10-6-3-7-11-17/h3,6-7,10-11,15-16,18-20,22H,2,4-5,8-9,12-14H2,1H3/t15-,18-,19+,20+/m0/s1. The van der Waals surface area contributed by atoms with Crippen molar-refractivity contribution in [2.45, 2.75) is 68.8 Å². The molecule has 1 aliphatic heterocycles. The van der Waals surface area contributed by atoms with E-state index in [0.29, 0.717) is 41.8 Å². The average Bonchev–Trinajstić information content (AvgIpc) is 3.14. The number of nitrogens with one attached hydrogen (secondary N) is 1. The number of amides is 1. The van der Waals surface area contributed by atoms with Gasteiger partial charge in [-0.1, -0.05) is 44.4 Å². The van der Waals surface area contributed by atoms with Gasteiger partial charge in [0.15, 0.2) is 0 Å². The van der Waals surface area contributed by atoms with Crippen LogP contribution in [0.15, 0.2) is 35.2 Å². The van der Waals surface area contributed by atoms with Crippen LogP contribution in [-0.4, -0.2) is 37.9 Å². The molecule has 4 rings (SSSR count). The summed E-state index contributed by atoms with van der Waals surface area (Å²) in [7, 11) is -3.50. The molecule has 0 unspecified atom stereocenters. The minimum atomic E-state index is -3.50. The van der Waals surface area contributed by atoms with Crippen molar-refractivity contribution in [1.29, 1.82) is 0 Å². The number of hydrogen-bond acceptors (Lipinski definition) is 3. The SMILES string of the molecule is C[C@H]1C[C@@H]2[C@@H](CC(=O)N2C2CCCCC2)[C@@H]1CNS(=O)(=O)c1ccccc1. The molecule has 1 saturated heterocycles. The predicted octanol–water partition coefficient (Wildman–Crippen LogP) is 3.17. The van der Waals surface area contributed by atoms with Crippen molar-refractivity contribution in [3.63, 3.8) is 0 Å². The predicted molar refractivity (Wildman–Crippen MR) is 105 cm³/mol. The Bertz CT molecular complexity index is 774. The Hall–Kier alpha value is -1.40. The highest BCUT2D eigenvalue weighted by Gasteiger charge is 2.52. The van der Waals surface area contributed by atoms with Gasteiger partial charge < -0.3 is 4.90 Å². The molecule has 3 fully saturated rings. The summed E-state index contributed by atoms with van der Waals surface area (Å²) in [6, 6.07) is 9.24. The van der Waals surface area contributed by atoms with Gasteiger partial charge in [0.05, 0.1) is 4.90 Å². The van der Waals surface area contributed by atoms with Gasteiger partial charge in [-0.2, -0.15) is 0 Å². The van der Waals surface area contributed by atoms with E-state index < -0.39 is 10.0 Å². The number of nitrogens with zero attached hydrogens (tertiary/aromatic N) is 1.